The molecule has 1 rings (SSSR count). The minimum absolute atomic E-state index is 0.0588. The molecule has 2 atom stereocenters. The normalized spacial score (nSPS) is 28.3. The third-order valence-corrected chi connectivity index (χ3v) is 3.21. The van der Waals surface area contributed by atoms with Gasteiger partial charge in [0.15, 0.2) is 6.29 Å². The number of aliphatic hydroxyl groups excluding tert-OH is 1. The first-order chi connectivity index (χ1) is 6.81. The molecular formula is C11H22O3. The van der Waals surface area contributed by atoms with Gasteiger partial charge in [0.2, 0.25) is 0 Å². The van der Waals surface area contributed by atoms with Gasteiger partial charge in [0.1, 0.15) is 0 Å². The van der Waals surface area contributed by atoms with E-state index in [0.717, 1.165) is 12.8 Å². The van der Waals surface area contributed by atoms with Crippen LogP contribution in [0.4, 0.5) is 0 Å². The number of hydrogen-bond donors (Lipinski definition) is 1. The topological polar surface area (TPSA) is 38.7 Å². The zero-order chi connectivity index (χ0) is 10.4. The van der Waals surface area contributed by atoms with Crippen molar-refractivity contribution in [2.75, 3.05) is 20.8 Å². The Balaban J connectivity index is 2.38. The summed E-state index contributed by atoms with van der Waals surface area (Å²) in [7, 11) is 3.40. The highest BCUT2D eigenvalue weighted by molar-refractivity contribution is 4.75. The second-order valence-corrected chi connectivity index (χ2v) is 4.14. The number of ether oxygens (including phenoxy) is 2. The minimum atomic E-state index is -0.0588. The molecule has 0 aliphatic heterocycles. The van der Waals surface area contributed by atoms with E-state index >= 15 is 0 Å². The Bertz CT molecular complexity index is 143. The van der Waals surface area contributed by atoms with Gasteiger partial charge in [-0.25, -0.2) is 0 Å². The Morgan fingerprint density at radius 2 is 2.00 bits per heavy atom. The van der Waals surface area contributed by atoms with Crippen LogP contribution in [0.15, 0.2) is 0 Å². The van der Waals surface area contributed by atoms with Crippen molar-refractivity contribution in [2.24, 2.45) is 11.8 Å². The van der Waals surface area contributed by atoms with Crippen molar-refractivity contribution in [3.05, 3.63) is 0 Å². The van der Waals surface area contributed by atoms with E-state index < -0.39 is 0 Å². The maximum absolute atomic E-state index is 8.90. The zero-order valence-electron chi connectivity index (χ0n) is 9.24. The predicted octanol–water partition coefficient (Wildman–Crippen LogP) is 1.79. The van der Waals surface area contributed by atoms with Crippen LogP contribution in [0.5, 0.6) is 0 Å². The Labute approximate surface area is 86.4 Å². The number of aliphatic hydroxyl groups is 1. The molecule has 0 aromatic carbocycles. The standard InChI is InChI=1S/C11H22O3/c1-13-11(14-2)10-5-3-4-9(8-10)6-7-12/h9-12H,3-8H2,1-2H3/t9-,10-/m0/s1. The minimum Gasteiger partial charge on any atom is -0.396 e. The van der Waals surface area contributed by atoms with Crippen molar-refractivity contribution in [3.8, 4) is 0 Å². The average molecular weight is 202 g/mol. The van der Waals surface area contributed by atoms with Crippen LogP contribution in [0.1, 0.15) is 32.1 Å². The number of hydrogen-bond acceptors (Lipinski definition) is 3. The summed E-state index contributed by atoms with van der Waals surface area (Å²) in [6.07, 6.45) is 5.67. The van der Waals surface area contributed by atoms with E-state index in [4.69, 9.17) is 14.6 Å². The van der Waals surface area contributed by atoms with Crippen LogP contribution < -0.4 is 0 Å². The molecule has 3 heteroatoms. The molecule has 0 radical (unpaired) electrons. The van der Waals surface area contributed by atoms with E-state index in [9.17, 15) is 0 Å². The predicted molar refractivity (Wildman–Crippen MR) is 55.0 cm³/mol. The van der Waals surface area contributed by atoms with Crippen molar-refractivity contribution >= 4 is 0 Å². The monoisotopic (exact) mass is 202 g/mol. The Morgan fingerprint density at radius 1 is 1.29 bits per heavy atom. The van der Waals surface area contributed by atoms with E-state index in [-0.39, 0.29) is 6.29 Å². The van der Waals surface area contributed by atoms with E-state index in [1.165, 1.54) is 19.3 Å². The van der Waals surface area contributed by atoms with Gasteiger partial charge in [-0.3, -0.25) is 0 Å². The highest BCUT2D eigenvalue weighted by Crippen LogP contribution is 2.33. The molecule has 0 unspecified atom stereocenters. The molecule has 0 heterocycles. The van der Waals surface area contributed by atoms with E-state index in [2.05, 4.69) is 0 Å². The summed E-state index contributed by atoms with van der Waals surface area (Å²) >= 11 is 0. The highest BCUT2D eigenvalue weighted by atomic mass is 16.7. The maximum Gasteiger partial charge on any atom is 0.159 e. The van der Waals surface area contributed by atoms with Crippen molar-refractivity contribution in [1.82, 2.24) is 0 Å². The van der Waals surface area contributed by atoms with Crippen molar-refractivity contribution in [1.29, 1.82) is 0 Å². The van der Waals surface area contributed by atoms with Crippen LogP contribution in [-0.4, -0.2) is 32.2 Å². The second kappa shape index (κ2) is 6.38. The highest BCUT2D eigenvalue weighted by Gasteiger charge is 2.28. The number of methoxy groups -OCH3 is 2. The quantitative estimate of drug-likeness (QED) is 0.691. The fraction of sp³-hybridized carbons (Fsp3) is 1.00. The van der Waals surface area contributed by atoms with Gasteiger partial charge in [-0.05, 0) is 25.2 Å². The molecule has 3 nitrogen and oxygen atoms in total. The molecule has 1 aliphatic carbocycles. The van der Waals surface area contributed by atoms with Gasteiger partial charge in [0, 0.05) is 26.7 Å². The third-order valence-electron chi connectivity index (χ3n) is 3.21. The molecule has 0 aromatic heterocycles. The van der Waals surface area contributed by atoms with Crippen LogP contribution in [0.25, 0.3) is 0 Å². The van der Waals surface area contributed by atoms with Crippen molar-refractivity contribution in [2.45, 2.75) is 38.4 Å². The van der Waals surface area contributed by atoms with Gasteiger partial charge >= 0.3 is 0 Å². The molecule has 0 bridgehead atoms. The molecular weight excluding hydrogens is 180 g/mol. The lowest BCUT2D eigenvalue weighted by Crippen LogP contribution is -2.30. The zero-order valence-corrected chi connectivity index (χ0v) is 9.24. The fourth-order valence-electron chi connectivity index (χ4n) is 2.51. The Hall–Kier alpha value is -0.120. The van der Waals surface area contributed by atoms with Crippen molar-refractivity contribution < 1.29 is 14.6 Å². The summed E-state index contributed by atoms with van der Waals surface area (Å²) in [4.78, 5) is 0. The maximum atomic E-state index is 8.90. The third kappa shape index (κ3) is 3.23. The van der Waals surface area contributed by atoms with Gasteiger partial charge in [0.25, 0.3) is 0 Å². The van der Waals surface area contributed by atoms with Crippen LogP contribution in [0, 0.1) is 11.8 Å². The first kappa shape index (κ1) is 12.0. The van der Waals surface area contributed by atoms with E-state index in [1.807, 2.05) is 0 Å². The summed E-state index contributed by atoms with van der Waals surface area (Å²) in [5, 5.41) is 8.90. The molecule has 0 aromatic rings. The van der Waals surface area contributed by atoms with Crippen LogP contribution in [-0.2, 0) is 9.47 Å². The molecule has 0 saturated heterocycles. The summed E-state index contributed by atoms with van der Waals surface area (Å²) < 4.78 is 10.6. The molecule has 0 amide bonds. The van der Waals surface area contributed by atoms with Gasteiger partial charge in [-0.1, -0.05) is 12.8 Å². The Morgan fingerprint density at radius 3 is 2.57 bits per heavy atom. The largest absolute Gasteiger partial charge is 0.396 e. The number of rotatable bonds is 5. The fourth-order valence-corrected chi connectivity index (χ4v) is 2.51. The van der Waals surface area contributed by atoms with Gasteiger partial charge in [0.05, 0.1) is 0 Å². The average Bonchev–Trinajstić information content (AvgIpc) is 2.21. The molecule has 1 N–H and O–H groups in total. The first-order valence-electron chi connectivity index (χ1n) is 5.48. The molecule has 1 fully saturated rings. The van der Waals surface area contributed by atoms with Crippen LogP contribution in [0.3, 0.4) is 0 Å². The molecule has 0 spiro atoms. The van der Waals surface area contributed by atoms with E-state index in [1.54, 1.807) is 14.2 Å². The Kier molecular flexibility index (Phi) is 5.45. The van der Waals surface area contributed by atoms with Crippen LogP contribution in [0.2, 0.25) is 0 Å². The molecule has 1 saturated carbocycles. The molecule has 1 aliphatic rings. The lowest BCUT2D eigenvalue weighted by Gasteiger charge is -2.32. The SMILES string of the molecule is COC(OC)[C@H]1CCC[C@@H](CCO)C1. The van der Waals surface area contributed by atoms with Gasteiger partial charge in [-0.15, -0.1) is 0 Å². The summed E-state index contributed by atoms with van der Waals surface area (Å²) in [6.45, 7) is 0.308. The lowest BCUT2D eigenvalue weighted by molar-refractivity contribution is -0.147. The summed E-state index contributed by atoms with van der Waals surface area (Å²) in [5.74, 6) is 1.17. The second-order valence-electron chi connectivity index (χ2n) is 4.14. The first-order valence-corrected chi connectivity index (χ1v) is 5.48. The molecule has 84 valence electrons. The van der Waals surface area contributed by atoms with Gasteiger partial charge in [-0.2, -0.15) is 0 Å². The van der Waals surface area contributed by atoms with Crippen LogP contribution >= 0.6 is 0 Å². The summed E-state index contributed by atoms with van der Waals surface area (Å²) in [6, 6.07) is 0. The smallest absolute Gasteiger partial charge is 0.159 e. The summed E-state index contributed by atoms with van der Waals surface area (Å²) in [5.41, 5.74) is 0. The van der Waals surface area contributed by atoms with Crippen molar-refractivity contribution in [3.63, 3.8) is 0 Å². The van der Waals surface area contributed by atoms with E-state index in [0.29, 0.717) is 18.4 Å². The van der Waals surface area contributed by atoms with Gasteiger partial charge < -0.3 is 14.6 Å². The lowest BCUT2D eigenvalue weighted by atomic mass is 9.79. The molecule has 14 heavy (non-hydrogen) atoms.